The molecule has 0 atom stereocenters. The third kappa shape index (κ3) is 2.99. The van der Waals surface area contributed by atoms with Gasteiger partial charge >= 0.3 is 0 Å². The number of rotatable bonds is 3. The molecule has 0 unspecified atom stereocenters. The van der Waals surface area contributed by atoms with E-state index in [0.717, 1.165) is 13.0 Å². The van der Waals surface area contributed by atoms with Crippen molar-refractivity contribution in [3.63, 3.8) is 0 Å². The predicted molar refractivity (Wildman–Crippen MR) is 49.2 cm³/mol. The van der Waals surface area contributed by atoms with Crippen LogP contribution in [0.4, 0.5) is 0 Å². The number of hydrogen-bond donors (Lipinski definition) is 0. The van der Waals surface area contributed by atoms with E-state index >= 15 is 0 Å². The minimum atomic E-state index is 0.903. The molecule has 1 aromatic rings. The van der Waals surface area contributed by atoms with Gasteiger partial charge in [0, 0.05) is 6.54 Å². The van der Waals surface area contributed by atoms with E-state index in [1.807, 2.05) is 19.2 Å². The predicted octanol–water partition coefficient (Wildman–Crippen LogP) is 2.32. The van der Waals surface area contributed by atoms with Gasteiger partial charge in [-0.3, -0.25) is 4.99 Å². The molecule has 0 fully saturated rings. The van der Waals surface area contributed by atoms with E-state index < -0.39 is 0 Å². The summed E-state index contributed by atoms with van der Waals surface area (Å²) in [6.45, 7) is 2.85. The fraction of sp³-hybridized carbons (Fsp3) is 0.300. The first-order chi connectivity index (χ1) is 5.43. The zero-order valence-electron chi connectivity index (χ0n) is 6.83. The van der Waals surface area contributed by atoms with Gasteiger partial charge in [0.1, 0.15) is 0 Å². The molecule has 1 aromatic carbocycles. The molecule has 0 amide bonds. The molecule has 58 valence electrons. The van der Waals surface area contributed by atoms with E-state index in [9.17, 15) is 0 Å². The molecule has 0 N–H and O–H groups in total. The average molecular weight is 147 g/mol. The van der Waals surface area contributed by atoms with Crippen LogP contribution >= 0.6 is 0 Å². The van der Waals surface area contributed by atoms with Gasteiger partial charge in [-0.1, -0.05) is 30.3 Å². The fourth-order valence-electron chi connectivity index (χ4n) is 0.967. The third-order valence-electron chi connectivity index (χ3n) is 1.55. The van der Waals surface area contributed by atoms with E-state index in [1.165, 1.54) is 5.56 Å². The monoisotopic (exact) mass is 147 g/mol. The zero-order chi connectivity index (χ0) is 7.94. The molecular formula is C10H13N. The van der Waals surface area contributed by atoms with Gasteiger partial charge in [0.25, 0.3) is 0 Å². The smallest absolute Gasteiger partial charge is 0.0425 e. The Morgan fingerprint density at radius 3 is 2.64 bits per heavy atom. The second kappa shape index (κ2) is 4.67. The van der Waals surface area contributed by atoms with Crippen molar-refractivity contribution in [3.05, 3.63) is 35.9 Å². The van der Waals surface area contributed by atoms with Crippen LogP contribution in [-0.4, -0.2) is 12.8 Å². The van der Waals surface area contributed by atoms with E-state index in [1.54, 1.807) is 0 Å². The molecule has 0 saturated heterocycles. The lowest BCUT2D eigenvalue weighted by atomic mass is 10.2. The maximum atomic E-state index is 4.14. The lowest BCUT2D eigenvalue weighted by Crippen LogP contribution is -1.87. The van der Waals surface area contributed by atoms with E-state index in [4.69, 9.17) is 0 Å². The Hall–Kier alpha value is -1.11. The normalized spacial score (nSPS) is 10.6. The van der Waals surface area contributed by atoms with E-state index in [-0.39, 0.29) is 0 Å². The molecule has 1 heteroatoms. The van der Waals surface area contributed by atoms with Crippen molar-refractivity contribution < 1.29 is 0 Å². The second-order valence-electron chi connectivity index (χ2n) is 2.40. The van der Waals surface area contributed by atoms with Crippen LogP contribution < -0.4 is 0 Å². The molecule has 0 heterocycles. The van der Waals surface area contributed by atoms with Crippen LogP contribution in [0.25, 0.3) is 0 Å². The Morgan fingerprint density at radius 1 is 1.27 bits per heavy atom. The Bertz CT molecular complexity index is 214. The summed E-state index contributed by atoms with van der Waals surface area (Å²) in [4.78, 5) is 4.14. The van der Waals surface area contributed by atoms with Gasteiger partial charge in [0.2, 0.25) is 0 Å². The minimum Gasteiger partial charge on any atom is -0.297 e. The van der Waals surface area contributed by atoms with Gasteiger partial charge in [-0.2, -0.15) is 0 Å². The molecular weight excluding hydrogens is 134 g/mol. The largest absolute Gasteiger partial charge is 0.297 e. The Balaban J connectivity index is 2.39. The molecule has 0 aliphatic rings. The highest BCUT2D eigenvalue weighted by Crippen LogP contribution is 1.98. The van der Waals surface area contributed by atoms with Gasteiger partial charge in [0.15, 0.2) is 0 Å². The highest BCUT2D eigenvalue weighted by Gasteiger charge is 1.86. The van der Waals surface area contributed by atoms with E-state index in [0.29, 0.717) is 0 Å². The van der Waals surface area contributed by atoms with Crippen molar-refractivity contribution >= 4 is 6.21 Å². The quantitative estimate of drug-likeness (QED) is 0.582. The van der Waals surface area contributed by atoms with Crippen molar-refractivity contribution in [1.82, 2.24) is 0 Å². The first-order valence-corrected chi connectivity index (χ1v) is 3.92. The summed E-state index contributed by atoms with van der Waals surface area (Å²) in [6.07, 6.45) is 2.90. The molecule has 11 heavy (non-hydrogen) atoms. The van der Waals surface area contributed by atoms with Gasteiger partial charge < -0.3 is 0 Å². The zero-order valence-corrected chi connectivity index (χ0v) is 6.83. The number of hydrogen-bond acceptors (Lipinski definition) is 1. The fourth-order valence-corrected chi connectivity index (χ4v) is 0.967. The number of benzene rings is 1. The Labute approximate surface area is 67.8 Å². The summed E-state index contributed by atoms with van der Waals surface area (Å²) in [5, 5.41) is 0. The van der Waals surface area contributed by atoms with E-state index in [2.05, 4.69) is 29.3 Å². The van der Waals surface area contributed by atoms with Crippen molar-refractivity contribution in [2.24, 2.45) is 4.99 Å². The summed E-state index contributed by atoms with van der Waals surface area (Å²) in [5.74, 6) is 0. The molecule has 0 radical (unpaired) electrons. The average Bonchev–Trinajstić information content (AvgIpc) is 2.07. The van der Waals surface area contributed by atoms with Crippen molar-refractivity contribution in [2.45, 2.75) is 13.3 Å². The molecule has 0 bridgehead atoms. The third-order valence-corrected chi connectivity index (χ3v) is 1.55. The maximum Gasteiger partial charge on any atom is 0.0425 e. The van der Waals surface area contributed by atoms with Crippen LogP contribution in [0.2, 0.25) is 0 Å². The first kappa shape index (κ1) is 7.99. The van der Waals surface area contributed by atoms with Crippen LogP contribution in [0.3, 0.4) is 0 Å². The highest BCUT2D eigenvalue weighted by atomic mass is 14.7. The molecule has 1 nitrogen and oxygen atoms in total. The standard InChI is InChI=1S/C10H13N/c1-2-11-9-8-10-6-4-3-5-7-10/h2-7H,8-9H2,1H3. The van der Waals surface area contributed by atoms with Crippen LogP contribution in [0.1, 0.15) is 12.5 Å². The molecule has 0 aliphatic heterocycles. The first-order valence-electron chi connectivity index (χ1n) is 3.92. The number of aliphatic imine (C=N–C) groups is 1. The summed E-state index contributed by atoms with van der Waals surface area (Å²) in [7, 11) is 0. The maximum absolute atomic E-state index is 4.14. The lowest BCUT2D eigenvalue weighted by Gasteiger charge is -1.95. The summed E-state index contributed by atoms with van der Waals surface area (Å²) >= 11 is 0. The van der Waals surface area contributed by atoms with Gasteiger partial charge in [0.05, 0.1) is 0 Å². The lowest BCUT2D eigenvalue weighted by molar-refractivity contribution is 0.972. The van der Waals surface area contributed by atoms with Crippen LogP contribution in [0.15, 0.2) is 35.3 Å². The molecule has 0 spiro atoms. The molecule has 1 rings (SSSR count). The van der Waals surface area contributed by atoms with Crippen LogP contribution in [0.5, 0.6) is 0 Å². The Morgan fingerprint density at radius 2 is 2.00 bits per heavy atom. The van der Waals surface area contributed by atoms with Crippen LogP contribution in [-0.2, 0) is 6.42 Å². The van der Waals surface area contributed by atoms with Crippen LogP contribution in [0, 0.1) is 0 Å². The van der Waals surface area contributed by atoms with Gasteiger partial charge in [-0.15, -0.1) is 0 Å². The van der Waals surface area contributed by atoms with Crippen molar-refractivity contribution in [1.29, 1.82) is 0 Å². The number of nitrogens with zero attached hydrogens (tertiary/aromatic N) is 1. The summed E-state index contributed by atoms with van der Waals surface area (Å²) < 4.78 is 0. The van der Waals surface area contributed by atoms with Crippen molar-refractivity contribution in [2.75, 3.05) is 6.54 Å². The minimum absolute atomic E-state index is 0.903. The van der Waals surface area contributed by atoms with Gasteiger partial charge in [-0.05, 0) is 25.1 Å². The molecule has 0 aliphatic carbocycles. The summed E-state index contributed by atoms with van der Waals surface area (Å²) in [6, 6.07) is 10.4. The van der Waals surface area contributed by atoms with Crippen molar-refractivity contribution in [3.8, 4) is 0 Å². The Kier molecular flexibility index (Phi) is 3.39. The second-order valence-corrected chi connectivity index (χ2v) is 2.40. The molecule has 0 aromatic heterocycles. The SMILES string of the molecule is CC=NCCc1ccccc1. The summed E-state index contributed by atoms with van der Waals surface area (Å²) in [5.41, 5.74) is 1.36. The highest BCUT2D eigenvalue weighted by molar-refractivity contribution is 5.53. The molecule has 0 saturated carbocycles. The topological polar surface area (TPSA) is 12.4 Å². The van der Waals surface area contributed by atoms with Gasteiger partial charge in [-0.25, -0.2) is 0 Å².